The summed E-state index contributed by atoms with van der Waals surface area (Å²) in [6.45, 7) is 0. The van der Waals surface area contributed by atoms with Crippen LogP contribution in [0.1, 0.15) is 5.56 Å². The van der Waals surface area contributed by atoms with Crippen molar-refractivity contribution in [2.24, 2.45) is 7.05 Å². The number of aromatic nitrogens is 3. The van der Waals surface area contributed by atoms with Gasteiger partial charge in [0.2, 0.25) is 0 Å². The van der Waals surface area contributed by atoms with Gasteiger partial charge in [0.1, 0.15) is 0 Å². The summed E-state index contributed by atoms with van der Waals surface area (Å²) in [6, 6.07) is 2.28. The van der Waals surface area contributed by atoms with E-state index < -0.39 is 11.7 Å². The number of rotatable bonds is 1. The van der Waals surface area contributed by atoms with Crippen molar-refractivity contribution in [3.05, 3.63) is 36.3 Å². The molecular formula is C10H8F3N3. The van der Waals surface area contributed by atoms with Gasteiger partial charge in [0.15, 0.2) is 0 Å². The zero-order valence-electron chi connectivity index (χ0n) is 8.36. The third-order valence-corrected chi connectivity index (χ3v) is 2.09. The fraction of sp³-hybridized carbons (Fsp3) is 0.200. The van der Waals surface area contributed by atoms with Gasteiger partial charge in [-0.15, -0.1) is 0 Å². The molecule has 0 radical (unpaired) electrons. The summed E-state index contributed by atoms with van der Waals surface area (Å²) in [6.07, 6.45) is -0.216. The highest BCUT2D eigenvalue weighted by molar-refractivity contribution is 5.61. The standard InChI is InChI=1S/C10H8F3N3/c1-16-6-7(5-15-16)9-8(10(11,12)13)3-2-4-14-9/h2-6H,1H3. The molecule has 84 valence electrons. The number of alkyl halides is 3. The van der Waals surface area contributed by atoms with Gasteiger partial charge in [-0.1, -0.05) is 0 Å². The van der Waals surface area contributed by atoms with E-state index in [1.807, 2.05) is 0 Å². The van der Waals surface area contributed by atoms with Gasteiger partial charge in [0, 0.05) is 25.0 Å². The second-order valence-corrected chi connectivity index (χ2v) is 3.30. The smallest absolute Gasteiger partial charge is 0.275 e. The van der Waals surface area contributed by atoms with Gasteiger partial charge >= 0.3 is 6.18 Å². The second kappa shape index (κ2) is 3.62. The molecule has 2 heterocycles. The van der Waals surface area contributed by atoms with E-state index in [9.17, 15) is 13.2 Å². The molecule has 16 heavy (non-hydrogen) atoms. The molecule has 0 aliphatic rings. The van der Waals surface area contributed by atoms with Gasteiger partial charge in [0.25, 0.3) is 0 Å². The summed E-state index contributed by atoms with van der Waals surface area (Å²) >= 11 is 0. The van der Waals surface area contributed by atoms with Crippen molar-refractivity contribution in [3.8, 4) is 11.3 Å². The topological polar surface area (TPSA) is 30.7 Å². The van der Waals surface area contributed by atoms with E-state index in [1.54, 1.807) is 7.05 Å². The maximum Gasteiger partial charge on any atom is 0.418 e. The molecular weight excluding hydrogens is 219 g/mol. The Morgan fingerprint density at radius 2 is 2.06 bits per heavy atom. The first kappa shape index (κ1) is 10.7. The van der Waals surface area contributed by atoms with Crippen LogP contribution in [-0.2, 0) is 13.2 Å². The highest BCUT2D eigenvalue weighted by Crippen LogP contribution is 2.35. The van der Waals surface area contributed by atoms with Crippen LogP contribution in [-0.4, -0.2) is 14.8 Å². The third kappa shape index (κ3) is 1.91. The van der Waals surface area contributed by atoms with Gasteiger partial charge < -0.3 is 0 Å². The number of halogens is 3. The Bertz CT molecular complexity index is 502. The zero-order valence-corrected chi connectivity index (χ0v) is 8.36. The fourth-order valence-corrected chi connectivity index (χ4v) is 1.41. The van der Waals surface area contributed by atoms with Crippen molar-refractivity contribution in [1.82, 2.24) is 14.8 Å². The summed E-state index contributed by atoms with van der Waals surface area (Å²) in [5.74, 6) is 0. The Morgan fingerprint density at radius 1 is 1.31 bits per heavy atom. The molecule has 2 aromatic heterocycles. The van der Waals surface area contributed by atoms with E-state index in [4.69, 9.17) is 0 Å². The number of hydrogen-bond donors (Lipinski definition) is 0. The van der Waals surface area contributed by atoms with Crippen molar-refractivity contribution >= 4 is 0 Å². The highest BCUT2D eigenvalue weighted by Gasteiger charge is 2.34. The molecule has 0 spiro atoms. The van der Waals surface area contributed by atoms with Crippen LogP contribution in [0, 0.1) is 0 Å². The first-order valence-corrected chi connectivity index (χ1v) is 4.50. The number of pyridine rings is 1. The zero-order chi connectivity index (χ0) is 11.8. The molecule has 3 nitrogen and oxygen atoms in total. The Labute approximate surface area is 89.5 Å². The lowest BCUT2D eigenvalue weighted by Gasteiger charge is -2.09. The van der Waals surface area contributed by atoms with Gasteiger partial charge in [-0.25, -0.2) is 0 Å². The molecule has 0 amide bonds. The molecule has 0 fully saturated rings. The summed E-state index contributed by atoms with van der Waals surface area (Å²) < 4.78 is 39.5. The minimum absolute atomic E-state index is 0.0944. The molecule has 0 bridgehead atoms. The predicted octanol–water partition coefficient (Wildman–Crippen LogP) is 2.50. The van der Waals surface area contributed by atoms with Crippen molar-refractivity contribution in [2.45, 2.75) is 6.18 Å². The average molecular weight is 227 g/mol. The SMILES string of the molecule is Cn1cc(-c2ncccc2C(F)(F)F)cn1. The van der Waals surface area contributed by atoms with E-state index in [0.717, 1.165) is 6.07 Å². The number of nitrogens with zero attached hydrogens (tertiary/aromatic N) is 3. The quantitative estimate of drug-likeness (QED) is 0.749. The van der Waals surface area contributed by atoms with Gasteiger partial charge in [0.05, 0.1) is 17.5 Å². The largest absolute Gasteiger partial charge is 0.418 e. The van der Waals surface area contributed by atoms with Crippen LogP contribution < -0.4 is 0 Å². The molecule has 6 heteroatoms. The molecule has 0 unspecified atom stereocenters. The molecule has 2 aromatic rings. The Kier molecular flexibility index (Phi) is 2.41. The van der Waals surface area contributed by atoms with Gasteiger partial charge in [-0.3, -0.25) is 9.67 Å². The highest BCUT2D eigenvalue weighted by atomic mass is 19.4. The summed E-state index contributed by atoms with van der Waals surface area (Å²) in [5, 5.41) is 3.83. The van der Waals surface area contributed by atoms with Gasteiger partial charge in [-0.05, 0) is 12.1 Å². The Morgan fingerprint density at radius 3 is 2.62 bits per heavy atom. The summed E-state index contributed by atoms with van der Waals surface area (Å²) in [5.41, 5.74) is -0.485. The average Bonchev–Trinajstić information content (AvgIpc) is 2.64. The van der Waals surface area contributed by atoms with Crippen molar-refractivity contribution < 1.29 is 13.2 Å². The molecule has 0 aliphatic heterocycles. The van der Waals surface area contributed by atoms with Crippen molar-refractivity contribution in [3.63, 3.8) is 0 Å². The lowest BCUT2D eigenvalue weighted by atomic mass is 10.1. The molecule has 0 atom stereocenters. The van der Waals surface area contributed by atoms with Crippen LogP contribution in [0.25, 0.3) is 11.3 Å². The minimum atomic E-state index is -4.40. The summed E-state index contributed by atoms with van der Waals surface area (Å²) in [4.78, 5) is 3.76. The fourth-order valence-electron chi connectivity index (χ4n) is 1.41. The molecule has 0 aromatic carbocycles. The lowest BCUT2D eigenvalue weighted by Crippen LogP contribution is -2.07. The van der Waals surface area contributed by atoms with Crippen LogP contribution >= 0.6 is 0 Å². The van der Waals surface area contributed by atoms with E-state index in [2.05, 4.69) is 10.1 Å². The second-order valence-electron chi connectivity index (χ2n) is 3.30. The van der Waals surface area contributed by atoms with E-state index >= 15 is 0 Å². The van der Waals surface area contributed by atoms with Crippen LogP contribution in [0.2, 0.25) is 0 Å². The lowest BCUT2D eigenvalue weighted by molar-refractivity contribution is -0.137. The number of hydrogen-bond acceptors (Lipinski definition) is 2. The minimum Gasteiger partial charge on any atom is -0.275 e. The van der Waals surface area contributed by atoms with E-state index in [0.29, 0.717) is 5.56 Å². The van der Waals surface area contributed by atoms with Crippen molar-refractivity contribution in [2.75, 3.05) is 0 Å². The molecule has 2 rings (SSSR count). The molecule has 0 saturated carbocycles. The molecule has 0 saturated heterocycles. The molecule has 0 N–H and O–H groups in total. The van der Waals surface area contributed by atoms with Gasteiger partial charge in [-0.2, -0.15) is 18.3 Å². The Hall–Kier alpha value is -1.85. The normalized spacial score (nSPS) is 11.8. The van der Waals surface area contributed by atoms with Crippen LogP contribution in [0.3, 0.4) is 0 Å². The predicted molar refractivity (Wildman–Crippen MR) is 51.4 cm³/mol. The first-order chi connectivity index (χ1) is 7.48. The summed E-state index contributed by atoms with van der Waals surface area (Å²) in [7, 11) is 1.64. The third-order valence-electron chi connectivity index (χ3n) is 2.09. The van der Waals surface area contributed by atoms with Crippen LogP contribution in [0.5, 0.6) is 0 Å². The van der Waals surface area contributed by atoms with Crippen LogP contribution in [0.15, 0.2) is 30.7 Å². The van der Waals surface area contributed by atoms with Crippen LogP contribution in [0.4, 0.5) is 13.2 Å². The number of aryl methyl sites for hydroxylation is 1. The maximum atomic E-state index is 12.7. The molecule has 0 aliphatic carbocycles. The maximum absolute atomic E-state index is 12.7. The monoisotopic (exact) mass is 227 g/mol. The first-order valence-electron chi connectivity index (χ1n) is 4.50. The van der Waals surface area contributed by atoms with E-state index in [-0.39, 0.29) is 5.69 Å². The van der Waals surface area contributed by atoms with E-state index in [1.165, 1.54) is 29.3 Å². The Balaban J connectivity index is 2.57. The van der Waals surface area contributed by atoms with Crippen molar-refractivity contribution in [1.29, 1.82) is 0 Å².